The van der Waals surface area contributed by atoms with Crippen LogP contribution in [0.2, 0.25) is 0 Å². The highest BCUT2D eigenvalue weighted by molar-refractivity contribution is 5.54. The summed E-state index contributed by atoms with van der Waals surface area (Å²) in [5.41, 5.74) is 0. The molecule has 0 aromatic heterocycles. The lowest BCUT2D eigenvalue weighted by Crippen LogP contribution is -2.50. The normalized spacial score (nSPS) is 15.0. The van der Waals surface area contributed by atoms with E-state index in [1.807, 2.05) is 0 Å². The van der Waals surface area contributed by atoms with E-state index in [2.05, 4.69) is 4.74 Å². The van der Waals surface area contributed by atoms with Crippen LogP contribution >= 0.6 is 0 Å². The fraction of sp³-hybridized carbons (Fsp3) is 0.833. The van der Waals surface area contributed by atoms with E-state index in [1.54, 1.807) is 0 Å². The Morgan fingerprint density at radius 1 is 1.36 bits per heavy atom. The Hall–Kier alpha value is -1.08. The van der Waals surface area contributed by atoms with Gasteiger partial charge < -0.3 is 14.6 Å². The predicted octanol–water partition coefficient (Wildman–Crippen LogP) is 1.32. The molecule has 0 spiro atoms. The topological polar surface area (TPSA) is 49.4 Å². The Labute approximate surface area is 75.5 Å². The standard InChI is InChI=1S/C6H7F5O3/c1-2-3(14-4(12)13)5(7,8)6(9,10)11/h3H,2H2,1H3,(H,12,13)/p-1. The SMILES string of the molecule is CCC(OC(=O)[O-])C(F)(F)C(F)(F)F. The Bertz CT molecular complexity index is 212. The minimum atomic E-state index is -5.84. The van der Waals surface area contributed by atoms with Crippen molar-refractivity contribution in [3.63, 3.8) is 0 Å². The van der Waals surface area contributed by atoms with Crippen molar-refractivity contribution in [3.8, 4) is 0 Å². The van der Waals surface area contributed by atoms with Crippen molar-refractivity contribution in [2.75, 3.05) is 0 Å². The number of carbonyl (C=O) groups excluding carboxylic acids is 1. The molecular weight excluding hydrogens is 215 g/mol. The average Bonchev–Trinajstić information content (AvgIpc) is 1.97. The second-order valence-corrected chi connectivity index (χ2v) is 2.39. The number of halogens is 5. The molecule has 0 heterocycles. The molecule has 3 nitrogen and oxygen atoms in total. The smallest absolute Gasteiger partial charge is 0.455 e. The summed E-state index contributed by atoms with van der Waals surface area (Å²) in [5.74, 6) is -5.21. The molecule has 0 amide bonds. The van der Waals surface area contributed by atoms with Gasteiger partial charge in [-0.15, -0.1) is 0 Å². The van der Waals surface area contributed by atoms with Gasteiger partial charge in [0.15, 0.2) is 0 Å². The maximum atomic E-state index is 12.4. The van der Waals surface area contributed by atoms with Gasteiger partial charge in [-0.1, -0.05) is 6.92 Å². The van der Waals surface area contributed by atoms with Gasteiger partial charge in [0, 0.05) is 0 Å². The van der Waals surface area contributed by atoms with Gasteiger partial charge in [-0.05, 0) is 6.42 Å². The minimum Gasteiger partial charge on any atom is -0.540 e. The molecule has 1 atom stereocenters. The third-order valence-electron chi connectivity index (χ3n) is 1.39. The molecule has 0 N–H and O–H groups in total. The fourth-order valence-corrected chi connectivity index (χ4v) is 0.712. The van der Waals surface area contributed by atoms with Crippen LogP contribution in [0.3, 0.4) is 0 Å². The van der Waals surface area contributed by atoms with E-state index in [0.29, 0.717) is 0 Å². The van der Waals surface area contributed by atoms with Crippen molar-refractivity contribution in [3.05, 3.63) is 0 Å². The molecule has 14 heavy (non-hydrogen) atoms. The van der Waals surface area contributed by atoms with Crippen LogP contribution in [0.1, 0.15) is 13.3 Å². The van der Waals surface area contributed by atoms with Crippen molar-refractivity contribution in [2.24, 2.45) is 0 Å². The quantitative estimate of drug-likeness (QED) is 0.533. The van der Waals surface area contributed by atoms with Crippen molar-refractivity contribution < 1.29 is 36.6 Å². The van der Waals surface area contributed by atoms with Crippen LogP contribution in [0, 0.1) is 0 Å². The highest BCUT2D eigenvalue weighted by atomic mass is 19.4. The maximum Gasteiger partial charge on any atom is 0.455 e. The van der Waals surface area contributed by atoms with Crippen LogP contribution in [0.15, 0.2) is 0 Å². The number of carbonyl (C=O) groups is 1. The zero-order chi connectivity index (χ0) is 11.6. The average molecular weight is 221 g/mol. The molecule has 0 aliphatic carbocycles. The summed E-state index contributed by atoms with van der Waals surface area (Å²) in [6.45, 7) is 0.938. The summed E-state index contributed by atoms with van der Waals surface area (Å²) in [6, 6.07) is 0. The highest BCUT2D eigenvalue weighted by Crippen LogP contribution is 2.40. The second-order valence-electron chi connectivity index (χ2n) is 2.39. The molecule has 84 valence electrons. The van der Waals surface area contributed by atoms with E-state index in [-0.39, 0.29) is 0 Å². The van der Waals surface area contributed by atoms with Gasteiger partial charge in [0.05, 0.1) is 0 Å². The zero-order valence-electron chi connectivity index (χ0n) is 6.90. The summed E-state index contributed by atoms with van der Waals surface area (Å²) in [7, 11) is 0. The molecule has 0 aromatic carbocycles. The molecule has 1 unspecified atom stereocenters. The van der Waals surface area contributed by atoms with E-state index in [9.17, 15) is 31.9 Å². The van der Waals surface area contributed by atoms with E-state index in [4.69, 9.17) is 0 Å². The van der Waals surface area contributed by atoms with E-state index in [1.165, 1.54) is 0 Å². The van der Waals surface area contributed by atoms with Crippen LogP contribution in [-0.4, -0.2) is 24.4 Å². The summed E-state index contributed by atoms with van der Waals surface area (Å²) in [5, 5.41) is 9.71. The van der Waals surface area contributed by atoms with Gasteiger partial charge in [0.2, 0.25) is 0 Å². The van der Waals surface area contributed by atoms with E-state index < -0.39 is 30.8 Å². The van der Waals surface area contributed by atoms with E-state index in [0.717, 1.165) is 6.92 Å². The number of hydrogen-bond acceptors (Lipinski definition) is 3. The minimum absolute atomic E-state index is 0.805. The lowest BCUT2D eigenvalue weighted by atomic mass is 10.1. The Morgan fingerprint density at radius 3 is 2.00 bits per heavy atom. The first-order valence-corrected chi connectivity index (χ1v) is 3.45. The number of hydrogen-bond donors (Lipinski definition) is 0. The molecule has 0 rings (SSSR count). The molecular formula is C6H6F5O3-. The molecule has 0 aromatic rings. The largest absolute Gasteiger partial charge is 0.540 e. The van der Waals surface area contributed by atoms with Crippen molar-refractivity contribution in [1.82, 2.24) is 0 Å². The molecule has 0 radical (unpaired) electrons. The monoisotopic (exact) mass is 221 g/mol. The Kier molecular flexibility index (Phi) is 3.66. The first-order valence-electron chi connectivity index (χ1n) is 3.45. The van der Waals surface area contributed by atoms with Crippen LogP contribution < -0.4 is 5.11 Å². The third kappa shape index (κ3) is 2.71. The third-order valence-corrected chi connectivity index (χ3v) is 1.39. The van der Waals surface area contributed by atoms with Gasteiger partial charge in [0.25, 0.3) is 6.16 Å². The van der Waals surface area contributed by atoms with Gasteiger partial charge in [-0.25, -0.2) is 0 Å². The number of alkyl halides is 5. The Balaban J connectivity index is 4.74. The van der Waals surface area contributed by atoms with Crippen LogP contribution in [-0.2, 0) is 4.74 Å². The van der Waals surface area contributed by atoms with E-state index >= 15 is 0 Å². The maximum absolute atomic E-state index is 12.4. The second kappa shape index (κ2) is 3.97. The molecule has 8 heteroatoms. The number of rotatable bonds is 3. The van der Waals surface area contributed by atoms with Gasteiger partial charge in [-0.2, -0.15) is 22.0 Å². The van der Waals surface area contributed by atoms with Crippen LogP contribution in [0.25, 0.3) is 0 Å². The highest BCUT2D eigenvalue weighted by Gasteiger charge is 2.61. The summed E-state index contributed by atoms with van der Waals surface area (Å²) >= 11 is 0. The lowest BCUT2D eigenvalue weighted by Gasteiger charge is -2.30. The zero-order valence-corrected chi connectivity index (χ0v) is 6.90. The fourth-order valence-electron chi connectivity index (χ4n) is 0.712. The first-order chi connectivity index (χ1) is 6.13. The van der Waals surface area contributed by atoms with Crippen LogP contribution in [0.4, 0.5) is 26.7 Å². The molecule has 0 bridgehead atoms. The summed E-state index contributed by atoms with van der Waals surface area (Å²) < 4.78 is 63.2. The van der Waals surface area contributed by atoms with Crippen molar-refractivity contribution in [2.45, 2.75) is 31.5 Å². The molecule has 0 saturated heterocycles. The lowest BCUT2D eigenvalue weighted by molar-refractivity contribution is -0.337. The van der Waals surface area contributed by atoms with Crippen LogP contribution in [0.5, 0.6) is 0 Å². The molecule has 0 aliphatic heterocycles. The van der Waals surface area contributed by atoms with Crippen molar-refractivity contribution >= 4 is 6.16 Å². The summed E-state index contributed by atoms with van der Waals surface area (Å²) in [4.78, 5) is 9.71. The molecule has 0 saturated carbocycles. The summed E-state index contributed by atoms with van der Waals surface area (Å²) in [6.07, 6.45) is -11.8. The Morgan fingerprint density at radius 2 is 1.79 bits per heavy atom. The van der Waals surface area contributed by atoms with Crippen molar-refractivity contribution in [1.29, 1.82) is 0 Å². The number of ether oxygens (including phenoxy) is 1. The van der Waals surface area contributed by atoms with Gasteiger partial charge in [0.1, 0.15) is 6.10 Å². The van der Waals surface area contributed by atoms with Gasteiger partial charge >= 0.3 is 12.1 Å². The van der Waals surface area contributed by atoms with Gasteiger partial charge in [-0.3, -0.25) is 0 Å². The number of carboxylic acid groups (broad SMARTS) is 1. The molecule has 0 aliphatic rings. The first kappa shape index (κ1) is 12.9. The molecule has 0 fully saturated rings. The predicted molar refractivity (Wildman–Crippen MR) is 31.6 cm³/mol.